The molecule has 0 saturated heterocycles. The third-order valence-electron chi connectivity index (χ3n) is 12.9. The molecule has 0 saturated carbocycles. The molecule has 0 unspecified atom stereocenters. The maximum atomic E-state index is 7.55. The van der Waals surface area contributed by atoms with E-state index in [4.69, 9.17) is 4.74 Å². The van der Waals surface area contributed by atoms with Gasteiger partial charge in [-0.25, -0.2) is 0 Å². The Morgan fingerprint density at radius 3 is 0.940 bits per heavy atom. The number of hydrogen-bond donors (Lipinski definition) is 0. The Morgan fingerprint density at radius 2 is 0.552 bits per heavy atom. The monoisotopic (exact) mass is 856 g/mol. The summed E-state index contributed by atoms with van der Waals surface area (Å²) < 4.78 is 7.55. The molecule has 67 heavy (non-hydrogen) atoms. The Hall–Kier alpha value is -8.92. The van der Waals surface area contributed by atoms with Gasteiger partial charge in [0.2, 0.25) is 0 Å². The fraction of sp³-hybridized carbons (Fsp3) is 0. The number of ether oxygens (including phenoxy) is 1. The van der Waals surface area contributed by atoms with Crippen LogP contribution in [0, 0.1) is 0 Å². The van der Waals surface area contributed by atoms with Crippen molar-refractivity contribution in [2.75, 3.05) is 9.80 Å². The van der Waals surface area contributed by atoms with Crippen molar-refractivity contribution in [1.82, 2.24) is 0 Å². The van der Waals surface area contributed by atoms with E-state index in [1.165, 1.54) is 22.3 Å². The minimum Gasteiger partial charge on any atom is -0.452 e. The van der Waals surface area contributed by atoms with Gasteiger partial charge in [-0.2, -0.15) is 0 Å². The molecular formula is C64H44N2O. The van der Waals surface area contributed by atoms with E-state index in [1.807, 2.05) is 0 Å². The topological polar surface area (TPSA) is 15.7 Å². The Labute approximate surface area is 391 Å². The van der Waals surface area contributed by atoms with Gasteiger partial charge in [-0.1, -0.05) is 206 Å². The van der Waals surface area contributed by atoms with E-state index >= 15 is 0 Å². The van der Waals surface area contributed by atoms with E-state index in [9.17, 15) is 0 Å². The minimum atomic E-state index is 0.799. The number of nitrogens with zero attached hydrogens (tertiary/aromatic N) is 2. The second-order valence-electron chi connectivity index (χ2n) is 16.9. The first-order valence-electron chi connectivity index (χ1n) is 22.8. The molecule has 0 aromatic heterocycles. The SMILES string of the molecule is c1ccc(-c2ccc(N(c3ccc(-c4ccccc4)cc3)c3cccc4c3Oc3c(N(c5ccc(-c6ccccc6)cc5)c5ccc(-c6ccccc6)cc5)ccc5cccc-4c35)cc2)cc1. The van der Waals surface area contributed by atoms with E-state index in [0.717, 1.165) is 89.8 Å². The first kappa shape index (κ1) is 39.7. The summed E-state index contributed by atoms with van der Waals surface area (Å²) in [6, 6.07) is 95.2. The second-order valence-corrected chi connectivity index (χ2v) is 16.9. The van der Waals surface area contributed by atoms with Gasteiger partial charge in [-0.05, 0) is 116 Å². The molecule has 0 amide bonds. The van der Waals surface area contributed by atoms with Crippen LogP contribution in [0.2, 0.25) is 0 Å². The molecule has 0 bridgehead atoms. The van der Waals surface area contributed by atoms with Gasteiger partial charge in [0.15, 0.2) is 11.5 Å². The van der Waals surface area contributed by atoms with Crippen LogP contribution in [0.4, 0.5) is 34.1 Å². The van der Waals surface area contributed by atoms with Gasteiger partial charge in [-0.15, -0.1) is 0 Å². The first-order valence-corrected chi connectivity index (χ1v) is 22.8. The van der Waals surface area contributed by atoms with Crippen molar-refractivity contribution >= 4 is 44.9 Å². The van der Waals surface area contributed by atoms with Crippen LogP contribution in [0.1, 0.15) is 0 Å². The van der Waals surface area contributed by atoms with Crippen molar-refractivity contribution in [3.63, 3.8) is 0 Å². The van der Waals surface area contributed by atoms with Gasteiger partial charge in [0.05, 0.1) is 11.4 Å². The van der Waals surface area contributed by atoms with E-state index in [2.05, 4.69) is 277 Å². The molecule has 0 spiro atoms. The van der Waals surface area contributed by atoms with Crippen LogP contribution in [0.15, 0.2) is 267 Å². The van der Waals surface area contributed by atoms with Crippen LogP contribution in [0.5, 0.6) is 11.5 Å². The number of benzene rings is 11. The average Bonchev–Trinajstić information content (AvgIpc) is 3.41. The second kappa shape index (κ2) is 17.2. The molecule has 1 aliphatic heterocycles. The number of rotatable bonds is 10. The number of fused-ring (bicyclic) bond motifs is 2. The third-order valence-corrected chi connectivity index (χ3v) is 12.9. The summed E-state index contributed by atoms with van der Waals surface area (Å²) in [6.07, 6.45) is 0. The summed E-state index contributed by atoms with van der Waals surface area (Å²) in [4.78, 5) is 4.67. The van der Waals surface area contributed by atoms with Gasteiger partial charge in [0, 0.05) is 33.7 Å². The fourth-order valence-electron chi connectivity index (χ4n) is 9.55. The van der Waals surface area contributed by atoms with E-state index in [0.29, 0.717) is 0 Å². The van der Waals surface area contributed by atoms with Crippen molar-refractivity contribution in [3.8, 4) is 67.1 Å². The number of para-hydroxylation sites is 1. The molecule has 0 N–H and O–H groups in total. The molecule has 11 aromatic rings. The van der Waals surface area contributed by atoms with Crippen LogP contribution in [0.3, 0.4) is 0 Å². The molecular weight excluding hydrogens is 813 g/mol. The average molecular weight is 857 g/mol. The zero-order chi connectivity index (χ0) is 44.5. The smallest absolute Gasteiger partial charge is 0.160 e. The van der Waals surface area contributed by atoms with Gasteiger partial charge in [-0.3, -0.25) is 0 Å². The Balaban J connectivity index is 1.02. The summed E-state index contributed by atoms with van der Waals surface area (Å²) in [5.74, 6) is 1.61. The lowest BCUT2D eigenvalue weighted by molar-refractivity contribution is 0.489. The Morgan fingerprint density at radius 1 is 0.224 bits per heavy atom. The quantitative estimate of drug-likeness (QED) is 0.136. The highest BCUT2D eigenvalue weighted by Crippen LogP contribution is 2.57. The number of anilines is 6. The lowest BCUT2D eigenvalue weighted by Crippen LogP contribution is -2.14. The van der Waals surface area contributed by atoms with Crippen LogP contribution < -0.4 is 14.5 Å². The van der Waals surface area contributed by atoms with E-state index in [-0.39, 0.29) is 0 Å². The van der Waals surface area contributed by atoms with Crippen LogP contribution in [-0.2, 0) is 0 Å². The van der Waals surface area contributed by atoms with Gasteiger partial charge >= 0.3 is 0 Å². The van der Waals surface area contributed by atoms with Gasteiger partial charge in [0.1, 0.15) is 0 Å². The van der Waals surface area contributed by atoms with Crippen molar-refractivity contribution < 1.29 is 4.74 Å². The lowest BCUT2D eigenvalue weighted by atomic mass is 9.92. The largest absolute Gasteiger partial charge is 0.452 e. The van der Waals surface area contributed by atoms with Crippen LogP contribution >= 0.6 is 0 Å². The molecule has 12 rings (SSSR count). The molecule has 0 fully saturated rings. The van der Waals surface area contributed by atoms with Crippen molar-refractivity contribution in [2.45, 2.75) is 0 Å². The molecule has 1 heterocycles. The Bertz CT molecular complexity index is 3320. The molecule has 3 heteroatoms. The predicted molar refractivity (Wildman–Crippen MR) is 281 cm³/mol. The number of hydrogen-bond acceptors (Lipinski definition) is 3. The van der Waals surface area contributed by atoms with E-state index < -0.39 is 0 Å². The molecule has 0 atom stereocenters. The van der Waals surface area contributed by atoms with Crippen molar-refractivity contribution in [3.05, 3.63) is 267 Å². The summed E-state index contributed by atoms with van der Waals surface area (Å²) in [5.41, 5.74) is 17.6. The lowest BCUT2D eigenvalue weighted by Gasteiger charge is -2.33. The van der Waals surface area contributed by atoms with Gasteiger partial charge < -0.3 is 14.5 Å². The maximum absolute atomic E-state index is 7.55. The predicted octanol–water partition coefficient (Wildman–Crippen LogP) is 18.2. The molecule has 316 valence electrons. The summed E-state index contributed by atoms with van der Waals surface area (Å²) >= 11 is 0. The first-order chi connectivity index (χ1) is 33.2. The normalized spacial score (nSPS) is 11.4. The standard InChI is InChI=1S/C64H44N2O/c1-5-15-45(16-6-1)49-27-36-54(37-28-49)65(55-38-29-50(30-39-55)46-17-7-2-8-18-46)60-26-14-25-59-58-24-13-23-53-35-44-61(64(62(53)58)67-63(59)60)66(56-40-31-51(32-41-56)47-19-9-3-10-20-47)57-42-33-52(34-43-57)48-21-11-4-12-22-48/h1-44H. The summed E-state index contributed by atoms with van der Waals surface area (Å²) in [5, 5.41) is 2.21. The molecule has 3 nitrogen and oxygen atoms in total. The molecule has 0 radical (unpaired) electrons. The van der Waals surface area contributed by atoms with Crippen LogP contribution in [-0.4, -0.2) is 0 Å². The highest BCUT2D eigenvalue weighted by molar-refractivity contribution is 6.09. The fourth-order valence-corrected chi connectivity index (χ4v) is 9.55. The van der Waals surface area contributed by atoms with Crippen LogP contribution in [0.25, 0.3) is 66.4 Å². The Kier molecular flexibility index (Phi) is 10.2. The van der Waals surface area contributed by atoms with Crippen molar-refractivity contribution in [2.24, 2.45) is 0 Å². The maximum Gasteiger partial charge on any atom is 0.160 e. The summed E-state index contributed by atoms with van der Waals surface area (Å²) in [7, 11) is 0. The van der Waals surface area contributed by atoms with Crippen molar-refractivity contribution in [1.29, 1.82) is 0 Å². The highest BCUT2D eigenvalue weighted by atomic mass is 16.5. The molecule has 0 aliphatic carbocycles. The minimum absolute atomic E-state index is 0.799. The summed E-state index contributed by atoms with van der Waals surface area (Å²) in [6.45, 7) is 0. The zero-order valence-electron chi connectivity index (χ0n) is 36.7. The molecule has 11 aromatic carbocycles. The highest BCUT2D eigenvalue weighted by Gasteiger charge is 2.30. The molecule has 1 aliphatic rings. The zero-order valence-corrected chi connectivity index (χ0v) is 36.7. The van der Waals surface area contributed by atoms with Gasteiger partial charge in [0.25, 0.3) is 0 Å². The third kappa shape index (κ3) is 7.49. The van der Waals surface area contributed by atoms with E-state index in [1.54, 1.807) is 0 Å².